The summed E-state index contributed by atoms with van der Waals surface area (Å²) in [4.78, 5) is 6.41. The number of phenolic OH excluding ortho intramolecular Hbond substituents is 1. The molecule has 1 aromatic rings. The highest BCUT2D eigenvalue weighted by molar-refractivity contribution is 9.10. The first-order valence-electron chi connectivity index (χ1n) is 5.34. The molecule has 88 valence electrons. The van der Waals surface area contributed by atoms with Gasteiger partial charge in [-0.25, -0.2) is 4.99 Å². The molecule has 16 heavy (non-hydrogen) atoms. The van der Waals surface area contributed by atoms with Crippen LogP contribution in [0.15, 0.2) is 21.6 Å². The molecule has 3 nitrogen and oxygen atoms in total. The Morgan fingerprint density at radius 2 is 2.12 bits per heavy atom. The van der Waals surface area contributed by atoms with Crippen LogP contribution < -0.4 is 0 Å². The van der Waals surface area contributed by atoms with Crippen molar-refractivity contribution in [3.8, 4) is 5.75 Å². The van der Waals surface area contributed by atoms with Crippen molar-refractivity contribution < 1.29 is 5.11 Å². The van der Waals surface area contributed by atoms with E-state index in [1.807, 2.05) is 24.9 Å². The summed E-state index contributed by atoms with van der Waals surface area (Å²) in [7, 11) is 1.98. The summed E-state index contributed by atoms with van der Waals surface area (Å²) in [5.41, 5.74) is 1.94. The second kappa shape index (κ2) is 5.89. The maximum absolute atomic E-state index is 9.57. The van der Waals surface area contributed by atoms with Crippen LogP contribution in [-0.4, -0.2) is 29.9 Å². The number of phenols is 1. The van der Waals surface area contributed by atoms with Crippen LogP contribution in [0.2, 0.25) is 0 Å². The summed E-state index contributed by atoms with van der Waals surface area (Å²) in [5.74, 6) is 0.264. The van der Waals surface area contributed by atoms with Gasteiger partial charge in [0.2, 0.25) is 0 Å². The summed E-state index contributed by atoms with van der Waals surface area (Å²) in [6, 6.07) is 3.59. The van der Waals surface area contributed by atoms with Crippen LogP contribution in [0, 0.1) is 0 Å². The summed E-state index contributed by atoms with van der Waals surface area (Å²) in [5, 5.41) is 9.57. The van der Waals surface area contributed by atoms with E-state index in [1.165, 1.54) is 0 Å². The second-order valence-electron chi connectivity index (χ2n) is 3.60. The van der Waals surface area contributed by atoms with E-state index in [9.17, 15) is 5.11 Å². The van der Waals surface area contributed by atoms with Crippen molar-refractivity contribution >= 4 is 28.0 Å². The molecule has 0 amide bonds. The molecule has 0 atom stereocenters. The third-order valence-electron chi connectivity index (χ3n) is 2.42. The van der Waals surface area contributed by atoms with Crippen molar-refractivity contribution in [2.75, 3.05) is 13.6 Å². The average molecular weight is 285 g/mol. The third kappa shape index (κ3) is 3.23. The summed E-state index contributed by atoms with van der Waals surface area (Å²) < 4.78 is 0.677. The number of hydrogen-bond acceptors (Lipinski definition) is 2. The lowest BCUT2D eigenvalue weighted by molar-refractivity contribution is 0.471. The van der Waals surface area contributed by atoms with Crippen molar-refractivity contribution in [1.82, 2.24) is 4.90 Å². The van der Waals surface area contributed by atoms with Crippen molar-refractivity contribution in [3.63, 3.8) is 0 Å². The highest BCUT2D eigenvalue weighted by Crippen LogP contribution is 2.32. The van der Waals surface area contributed by atoms with E-state index >= 15 is 0 Å². The van der Waals surface area contributed by atoms with Crippen LogP contribution in [-0.2, 0) is 6.42 Å². The number of hydrogen-bond donors (Lipinski definition) is 1. The average Bonchev–Trinajstić information content (AvgIpc) is 2.29. The molecule has 0 radical (unpaired) electrons. The highest BCUT2D eigenvalue weighted by atomic mass is 79.9. The zero-order chi connectivity index (χ0) is 12.1. The molecule has 0 spiro atoms. The molecule has 0 aromatic heterocycles. The van der Waals surface area contributed by atoms with Gasteiger partial charge in [-0.15, -0.1) is 0 Å². The molecular formula is C12H17BrN2O. The minimum Gasteiger partial charge on any atom is -0.507 e. The van der Waals surface area contributed by atoms with Crippen LogP contribution in [0.4, 0.5) is 5.69 Å². The molecule has 0 unspecified atom stereocenters. The number of aromatic hydroxyl groups is 1. The van der Waals surface area contributed by atoms with E-state index in [4.69, 9.17) is 0 Å². The Bertz CT molecular complexity index is 391. The monoisotopic (exact) mass is 284 g/mol. The number of aryl methyl sites for hydroxylation is 1. The summed E-state index contributed by atoms with van der Waals surface area (Å²) in [6.45, 7) is 5.04. The maximum atomic E-state index is 9.57. The minimum atomic E-state index is 0.264. The highest BCUT2D eigenvalue weighted by Gasteiger charge is 2.05. The van der Waals surface area contributed by atoms with Crippen LogP contribution in [0.1, 0.15) is 19.4 Å². The lowest BCUT2D eigenvalue weighted by Gasteiger charge is -2.10. The summed E-state index contributed by atoms with van der Waals surface area (Å²) in [6.07, 6.45) is 2.65. The molecule has 0 saturated carbocycles. The van der Waals surface area contributed by atoms with E-state index in [0.29, 0.717) is 4.47 Å². The van der Waals surface area contributed by atoms with Crippen LogP contribution in [0.5, 0.6) is 5.75 Å². The number of rotatable bonds is 4. The van der Waals surface area contributed by atoms with E-state index in [2.05, 4.69) is 27.8 Å². The quantitative estimate of drug-likeness (QED) is 0.680. The van der Waals surface area contributed by atoms with Crippen molar-refractivity contribution in [3.05, 3.63) is 22.2 Å². The van der Waals surface area contributed by atoms with Crippen molar-refractivity contribution in [2.24, 2.45) is 4.99 Å². The molecule has 4 heteroatoms. The van der Waals surface area contributed by atoms with E-state index in [1.54, 1.807) is 12.4 Å². The van der Waals surface area contributed by atoms with Crippen LogP contribution >= 0.6 is 15.9 Å². The smallest absolute Gasteiger partial charge is 0.130 e. The predicted octanol–water partition coefficient (Wildman–Crippen LogP) is 3.33. The fraction of sp³-hybridized carbons (Fsp3) is 0.417. The van der Waals surface area contributed by atoms with Gasteiger partial charge in [0.25, 0.3) is 0 Å². The van der Waals surface area contributed by atoms with Gasteiger partial charge in [-0.05, 0) is 47.0 Å². The minimum absolute atomic E-state index is 0.264. The molecule has 1 N–H and O–H groups in total. The Balaban J connectivity index is 3.03. The summed E-state index contributed by atoms with van der Waals surface area (Å²) >= 11 is 3.30. The van der Waals surface area contributed by atoms with Gasteiger partial charge in [0.1, 0.15) is 5.75 Å². The molecule has 0 aliphatic rings. The van der Waals surface area contributed by atoms with Gasteiger partial charge in [0.05, 0.1) is 16.5 Å². The first-order chi connectivity index (χ1) is 7.58. The Morgan fingerprint density at radius 3 is 2.69 bits per heavy atom. The van der Waals surface area contributed by atoms with E-state index in [-0.39, 0.29) is 5.75 Å². The zero-order valence-corrected chi connectivity index (χ0v) is 11.5. The SMILES string of the molecule is CCc1cc(O)c(Br)cc1N=CN(C)CC. The zero-order valence-electron chi connectivity index (χ0n) is 9.87. The fourth-order valence-corrected chi connectivity index (χ4v) is 1.57. The van der Waals surface area contributed by atoms with Gasteiger partial charge in [-0.3, -0.25) is 0 Å². The van der Waals surface area contributed by atoms with Crippen molar-refractivity contribution in [1.29, 1.82) is 0 Å². The fourth-order valence-electron chi connectivity index (χ4n) is 1.24. The lowest BCUT2D eigenvalue weighted by Crippen LogP contribution is -2.14. The first-order valence-corrected chi connectivity index (χ1v) is 6.13. The van der Waals surface area contributed by atoms with Gasteiger partial charge in [0, 0.05) is 13.6 Å². The van der Waals surface area contributed by atoms with Gasteiger partial charge >= 0.3 is 0 Å². The molecule has 0 aliphatic carbocycles. The van der Waals surface area contributed by atoms with Gasteiger partial charge in [-0.1, -0.05) is 6.92 Å². The molecule has 1 rings (SSSR count). The number of benzene rings is 1. The van der Waals surface area contributed by atoms with Gasteiger partial charge in [0.15, 0.2) is 0 Å². The van der Waals surface area contributed by atoms with Crippen LogP contribution in [0.3, 0.4) is 0 Å². The number of nitrogens with zero attached hydrogens (tertiary/aromatic N) is 2. The Labute approximate surface area is 105 Å². The van der Waals surface area contributed by atoms with E-state index in [0.717, 1.165) is 24.2 Å². The van der Waals surface area contributed by atoms with Gasteiger partial charge < -0.3 is 10.0 Å². The third-order valence-corrected chi connectivity index (χ3v) is 3.06. The molecule has 0 fully saturated rings. The normalized spacial score (nSPS) is 11.0. The van der Waals surface area contributed by atoms with Crippen LogP contribution in [0.25, 0.3) is 0 Å². The topological polar surface area (TPSA) is 35.8 Å². The van der Waals surface area contributed by atoms with Crippen molar-refractivity contribution in [2.45, 2.75) is 20.3 Å². The molecular weight excluding hydrogens is 268 g/mol. The Morgan fingerprint density at radius 1 is 1.44 bits per heavy atom. The van der Waals surface area contributed by atoms with Gasteiger partial charge in [-0.2, -0.15) is 0 Å². The molecule has 0 heterocycles. The molecule has 0 saturated heterocycles. The first kappa shape index (κ1) is 13.0. The predicted molar refractivity (Wildman–Crippen MR) is 71.6 cm³/mol. The Kier molecular flexibility index (Phi) is 4.80. The number of halogens is 1. The van der Waals surface area contributed by atoms with E-state index < -0.39 is 0 Å². The largest absolute Gasteiger partial charge is 0.507 e. The maximum Gasteiger partial charge on any atom is 0.130 e. The molecule has 1 aromatic carbocycles. The standard InChI is InChI=1S/C12H17BrN2O/c1-4-9-6-12(16)10(13)7-11(9)14-8-15(3)5-2/h6-8,16H,4-5H2,1-3H3. The molecule has 0 aliphatic heterocycles. The molecule has 0 bridgehead atoms. The lowest BCUT2D eigenvalue weighted by atomic mass is 10.1. The Hall–Kier alpha value is -1.03. The second-order valence-corrected chi connectivity index (χ2v) is 4.46. The number of aliphatic imine (C=N–C) groups is 1.